The number of aryl methyl sites for hydroxylation is 1. The third-order valence-electron chi connectivity index (χ3n) is 3.46. The molecule has 1 aromatic rings. The molecule has 1 aromatic carbocycles. The predicted molar refractivity (Wildman–Crippen MR) is 62.4 cm³/mol. The van der Waals surface area contributed by atoms with Crippen LogP contribution in [0.1, 0.15) is 23.6 Å². The Labute approximate surface area is 104 Å². The molecule has 1 aliphatic heterocycles. The van der Waals surface area contributed by atoms with Gasteiger partial charge in [-0.25, -0.2) is 4.39 Å². The molecule has 5 heteroatoms. The van der Waals surface area contributed by atoms with Crippen LogP contribution in [0.5, 0.6) is 0 Å². The van der Waals surface area contributed by atoms with Crippen LogP contribution in [0.25, 0.3) is 0 Å². The number of amides is 1. The Bertz CT molecular complexity index is 515. The quantitative estimate of drug-likeness (QED) is 0.871. The third-order valence-corrected chi connectivity index (χ3v) is 3.46. The van der Waals surface area contributed by atoms with Gasteiger partial charge in [-0.2, -0.15) is 0 Å². The van der Waals surface area contributed by atoms with E-state index >= 15 is 0 Å². The van der Waals surface area contributed by atoms with Gasteiger partial charge in [0.2, 0.25) is 5.91 Å². The average molecular weight is 251 g/mol. The molecular weight excluding hydrogens is 237 g/mol. The second kappa shape index (κ2) is 4.40. The van der Waals surface area contributed by atoms with Gasteiger partial charge in [0.25, 0.3) is 0 Å². The fourth-order valence-electron chi connectivity index (χ4n) is 2.45. The molecule has 0 aliphatic carbocycles. The summed E-state index contributed by atoms with van der Waals surface area (Å²) in [6, 6.07) is 3.64. The van der Waals surface area contributed by atoms with Gasteiger partial charge >= 0.3 is 5.97 Å². The van der Waals surface area contributed by atoms with Gasteiger partial charge in [-0.15, -0.1) is 0 Å². The molecule has 0 radical (unpaired) electrons. The fraction of sp³-hybridized carbons (Fsp3) is 0.385. The van der Waals surface area contributed by atoms with Crippen molar-refractivity contribution in [3.63, 3.8) is 0 Å². The number of likely N-dealkylation sites (tertiary alicyclic amines) is 1. The number of nitrogens with zero attached hydrogens (tertiary/aromatic N) is 1. The topological polar surface area (TPSA) is 57.6 Å². The summed E-state index contributed by atoms with van der Waals surface area (Å²) in [4.78, 5) is 24.2. The van der Waals surface area contributed by atoms with Gasteiger partial charge in [0, 0.05) is 13.5 Å². The minimum absolute atomic E-state index is 0.0353. The molecule has 0 aromatic heterocycles. The number of halogens is 1. The zero-order chi connectivity index (χ0) is 13.4. The summed E-state index contributed by atoms with van der Waals surface area (Å²) in [7, 11) is 1.56. The maximum Gasteiger partial charge on any atom is 0.309 e. The van der Waals surface area contributed by atoms with Crippen LogP contribution in [0.2, 0.25) is 0 Å². The Hall–Kier alpha value is -1.91. The number of carbonyl (C=O) groups is 2. The summed E-state index contributed by atoms with van der Waals surface area (Å²) < 4.78 is 13.3. The number of carboxylic acids is 1. The van der Waals surface area contributed by atoms with Crippen molar-refractivity contribution in [2.45, 2.75) is 19.4 Å². The van der Waals surface area contributed by atoms with E-state index in [0.29, 0.717) is 5.56 Å². The van der Waals surface area contributed by atoms with Crippen LogP contribution in [0, 0.1) is 18.7 Å². The number of carboxylic acid groups (broad SMARTS) is 1. The van der Waals surface area contributed by atoms with Gasteiger partial charge in [0.15, 0.2) is 0 Å². The van der Waals surface area contributed by atoms with E-state index in [4.69, 9.17) is 5.11 Å². The van der Waals surface area contributed by atoms with E-state index < -0.39 is 23.7 Å². The highest BCUT2D eigenvalue weighted by atomic mass is 19.1. The average Bonchev–Trinajstić information content (AvgIpc) is 2.60. The highest BCUT2D eigenvalue weighted by Gasteiger charge is 2.43. The molecule has 0 saturated carbocycles. The Morgan fingerprint density at radius 1 is 1.50 bits per heavy atom. The van der Waals surface area contributed by atoms with E-state index in [0.717, 1.165) is 5.56 Å². The van der Waals surface area contributed by atoms with Gasteiger partial charge in [0.05, 0.1) is 12.0 Å². The van der Waals surface area contributed by atoms with E-state index in [1.807, 2.05) is 0 Å². The van der Waals surface area contributed by atoms with E-state index in [-0.39, 0.29) is 12.3 Å². The number of aliphatic carboxylic acids is 1. The smallest absolute Gasteiger partial charge is 0.309 e. The Morgan fingerprint density at radius 3 is 2.78 bits per heavy atom. The van der Waals surface area contributed by atoms with E-state index in [9.17, 15) is 14.0 Å². The molecule has 18 heavy (non-hydrogen) atoms. The number of rotatable bonds is 2. The first kappa shape index (κ1) is 12.5. The summed E-state index contributed by atoms with van der Waals surface area (Å²) >= 11 is 0. The van der Waals surface area contributed by atoms with Crippen molar-refractivity contribution < 1.29 is 19.1 Å². The minimum atomic E-state index is -1.03. The largest absolute Gasteiger partial charge is 0.481 e. The molecule has 1 fully saturated rings. The maximum absolute atomic E-state index is 13.3. The third kappa shape index (κ3) is 1.96. The molecule has 0 spiro atoms. The van der Waals surface area contributed by atoms with Crippen LogP contribution in [-0.4, -0.2) is 28.9 Å². The Morgan fingerprint density at radius 2 is 2.17 bits per heavy atom. The molecule has 0 bridgehead atoms. The van der Waals surface area contributed by atoms with Gasteiger partial charge in [-0.05, 0) is 30.2 Å². The Balaban J connectivity index is 2.49. The Kier molecular flexibility index (Phi) is 3.07. The number of hydrogen-bond donors (Lipinski definition) is 1. The van der Waals surface area contributed by atoms with Crippen molar-refractivity contribution in [2.24, 2.45) is 5.92 Å². The molecular formula is C13H14FNO3. The first-order chi connectivity index (χ1) is 8.41. The minimum Gasteiger partial charge on any atom is -0.481 e. The van der Waals surface area contributed by atoms with Crippen molar-refractivity contribution in [1.29, 1.82) is 0 Å². The molecule has 4 nitrogen and oxygen atoms in total. The monoisotopic (exact) mass is 251 g/mol. The van der Waals surface area contributed by atoms with Crippen LogP contribution in [0.3, 0.4) is 0 Å². The van der Waals surface area contributed by atoms with Gasteiger partial charge < -0.3 is 10.0 Å². The molecule has 2 rings (SSSR count). The summed E-state index contributed by atoms with van der Waals surface area (Å²) in [5, 5.41) is 9.17. The number of benzene rings is 1. The maximum atomic E-state index is 13.3. The van der Waals surface area contributed by atoms with Crippen molar-refractivity contribution in [2.75, 3.05) is 7.05 Å². The highest BCUT2D eigenvalue weighted by Crippen LogP contribution is 2.38. The van der Waals surface area contributed by atoms with Gasteiger partial charge in [-0.3, -0.25) is 9.59 Å². The molecule has 1 saturated heterocycles. The zero-order valence-corrected chi connectivity index (χ0v) is 10.2. The van der Waals surface area contributed by atoms with Crippen molar-refractivity contribution >= 4 is 11.9 Å². The van der Waals surface area contributed by atoms with Crippen LogP contribution < -0.4 is 0 Å². The lowest BCUT2D eigenvalue weighted by Crippen LogP contribution is -2.27. The molecule has 1 N–H and O–H groups in total. The lowest BCUT2D eigenvalue weighted by molar-refractivity contribution is -0.142. The molecule has 1 amide bonds. The first-order valence-electron chi connectivity index (χ1n) is 5.66. The summed E-state index contributed by atoms with van der Waals surface area (Å²) in [6.45, 7) is 1.78. The molecule has 1 heterocycles. The molecule has 2 unspecified atom stereocenters. The predicted octanol–water partition coefficient (Wildman–Crippen LogP) is 1.74. The normalized spacial score (nSPS) is 23.5. The number of carbonyl (C=O) groups excluding carboxylic acids is 1. The van der Waals surface area contributed by atoms with Gasteiger partial charge in [-0.1, -0.05) is 6.07 Å². The van der Waals surface area contributed by atoms with Crippen molar-refractivity contribution in [1.82, 2.24) is 4.90 Å². The number of hydrogen-bond acceptors (Lipinski definition) is 2. The lowest BCUT2D eigenvalue weighted by Gasteiger charge is -2.25. The SMILES string of the molecule is Cc1ccc(F)cc1C1C(C(=O)O)CC(=O)N1C. The highest BCUT2D eigenvalue weighted by molar-refractivity contribution is 5.87. The zero-order valence-electron chi connectivity index (χ0n) is 10.2. The second-order valence-corrected chi connectivity index (χ2v) is 4.60. The second-order valence-electron chi connectivity index (χ2n) is 4.60. The van der Waals surface area contributed by atoms with Gasteiger partial charge in [0.1, 0.15) is 5.82 Å². The van der Waals surface area contributed by atoms with Crippen LogP contribution in [-0.2, 0) is 9.59 Å². The fourth-order valence-corrected chi connectivity index (χ4v) is 2.45. The van der Waals surface area contributed by atoms with Crippen LogP contribution >= 0.6 is 0 Å². The first-order valence-corrected chi connectivity index (χ1v) is 5.66. The van der Waals surface area contributed by atoms with Crippen LogP contribution in [0.15, 0.2) is 18.2 Å². The molecule has 2 atom stereocenters. The van der Waals surface area contributed by atoms with Crippen molar-refractivity contribution in [3.8, 4) is 0 Å². The van der Waals surface area contributed by atoms with E-state index in [2.05, 4.69) is 0 Å². The summed E-state index contributed by atoms with van der Waals surface area (Å²) in [5.74, 6) is -2.49. The molecule has 96 valence electrons. The molecule has 1 aliphatic rings. The lowest BCUT2D eigenvalue weighted by atomic mass is 9.91. The van der Waals surface area contributed by atoms with E-state index in [1.54, 1.807) is 20.0 Å². The van der Waals surface area contributed by atoms with Crippen LogP contribution in [0.4, 0.5) is 4.39 Å². The van der Waals surface area contributed by atoms with E-state index in [1.165, 1.54) is 17.0 Å². The van der Waals surface area contributed by atoms with Crippen molar-refractivity contribution in [3.05, 3.63) is 35.1 Å². The standard InChI is InChI=1S/C13H14FNO3/c1-7-3-4-8(14)5-9(7)12-10(13(17)18)6-11(16)15(12)2/h3-5,10,12H,6H2,1-2H3,(H,17,18). The summed E-state index contributed by atoms with van der Waals surface area (Å²) in [5.41, 5.74) is 1.35. The summed E-state index contributed by atoms with van der Waals surface area (Å²) in [6.07, 6.45) is -0.0353.